The van der Waals surface area contributed by atoms with Crippen LogP contribution in [0.1, 0.15) is 22.0 Å². The third kappa shape index (κ3) is 5.28. The topological polar surface area (TPSA) is 66.7 Å². The summed E-state index contributed by atoms with van der Waals surface area (Å²) in [7, 11) is 3.86. The Bertz CT molecular complexity index is 1080. The van der Waals surface area contributed by atoms with Gasteiger partial charge in [-0.3, -0.25) is 9.59 Å². The van der Waals surface area contributed by atoms with Crippen LogP contribution in [-0.2, 0) is 4.79 Å². The second-order valence-electron chi connectivity index (χ2n) is 6.90. The molecule has 0 aliphatic rings. The van der Waals surface area contributed by atoms with E-state index in [1.807, 2.05) is 49.3 Å². The molecular weight excluding hydrogens is 403 g/mol. The van der Waals surface area contributed by atoms with Gasteiger partial charge in [0.25, 0.3) is 5.91 Å². The molecule has 3 rings (SSSR count). The van der Waals surface area contributed by atoms with Gasteiger partial charge in [-0.05, 0) is 31.8 Å². The van der Waals surface area contributed by atoms with Crippen molar-refractivity contribution in [1.29, 1.82) is 0 Å². The van der Waals surface area contributed by atoms with Crippen molar-refractivity contribution in [3.63, 3.8) is 0 Å². The van der Waals surface area contributed by atoms with E-state index in [4.69, 9.17) is 0 Å². The number of aromatic nitrogens is 1. The van der Waals surface area contributed by atoms with Crippen molar-refractivity contribution in [3.8, 4) is 0 Å². The Kier molecular flexibility index (Phi) is 7.26. The second kappa shape index (κ2) is 10.1. The summed E-state index contributed by atoms with van der Waals surface area (Å²) in [6, 6.07) is 14.3. The number of likely N-dealkylation sites (N-methyl/N-ethyl adjacent to an activating group) is 1. The highest BCUT2D eigenvalue weighted by Gasteiger charge is 2.23. The van der Waals surface area contributed by atoms with Crippen molar-refractivity contribution in [2.75, 3.05) is 27.2 Å². The van der Waals surface area contributed by atoms with Crippen molar-refractivity contribution in [1.82, 2.24) is 14.8 Å². The van der Waals surface area contributed by atoms with E-state index in [0.29, 0.717) is 17.9 Å². The number of amides is 2. The fourth-order valence-electron chi connectivity index (χ4n) is 2.92. The average Bonchev–Trinajstić information content (AvgIpc) is 3.16. The first-order chi connectivity index (χ1) is 14.5. The summed E-state index contributed by atoms with van der Waals surface area (Å²) in [6.45, 7) is 1.19. The van der Waals surface area contributed by atoms with Crippen LogP contribution in [0.15, 0.2) is 71.2 Å². The van der Waals surface area contributed by atoms with Gasteiger partial charge in [0, 0.05) is 24.7 Å². The third-order valence-corrected chi connectivity index (χ3v) is 5.19. The van der Waals surface area contributed by atoms with Crippen LogP contribution >= 0.6 is 11.3 Å². The minimum Gasteiger partial charge on any atom is -0.353 e. The van der Waals surface area contributed by atoms with E-state index in [1.54, 1.807) is 22.2 Å². The molecule has 0 radical (unpaired) electrons. The number of carbonyl (C=O) groups is 2. The number of hydrogen-bond acceptors (Lipinski definition) is 4. The first kappa shape index (κ1) is 21.6. The lowest BCUT2D eigenvalue weighted by Gasteiger charge is -2.20. The van der Waals surface area contributed by atoms with Gasteiger partial charge in [0.05, 0.1) is 5.56 Å². The highest BCUT2D eigenvalue weighted by atomic mass is 32.1. The van der Waals surface area contributed by atoms with Gasteiger partial charge in [-0.2, -0.15) is 4.99 Å². The van der Waals surface area contributed by atoms with Crippen molar-refractivity contribution in [2.24, 2.45) is 4.99 Å². The maximum absolute atomic E-state index is 14.0. The minimum absolute atomic E-state index is 0.107. The van der Waals surface area contributed by atoms with Gasteiger partial charge in [-0.15, -0.1) is 11.3 Å². The van der Waals surface area contributed by atoms with Crippen LogP contribution in [0.25, 0.3) is 0 Å². The standard InChI is InChI=1S/C22H23FN4O2S/c1-26(2)13-12-24-21(29)19(16-8-4-3-5-9-16)27-14-15-30-22(27)25-20(28)17-10-6-7-11-18(17)23/h3-11,14-15,19H,12-13H2,1-2H3,(H,24,29)/t19-/m1/s1. The van der Waals surface area contributed by atoms with E-state index in [-0.39, 0.29) is 11.5 Å². The van der Waals surface area contributed by atoms with Crippen LogP contribution in [0.3, 0.4) is 0 Å². The van der Waals surface area contributed by atoms with Crippen LogP contribution in [-0.4, -0.2) is 48.5 Å². The van der Waals surface area contributed by atoms with Crippen molar-refractivity contribution < 1.29 is 14.0 Å². The van der Waals surface area contributed by atoms with Gasteiger partial charge in [-0.25, -0.2) is 4.39 Å². The number of rotatable bonds is 7. The summed E-state index contributed by atoms with van der Waals surface area (Å²) in [6.07, 6.45) is 1.71. The molecule has 0 unspecified atom stereocenters. The van der Waals surface area contributed by atoms with Crippen molar-refractivity contribution >= 4 is 23.2 Å². The molecule has 0 saturated heterocycles. The number of nitrogens with zero attached hydrogens (tertiary/aromatic N) is 3. The Morgan fingerprint density at radius 2 is 1.83 bits per heavy atom. The number of carbonyl (C=O) groups excluding carboxylic acids is 2. The number of halogens is 1. The molecule has 0 saturated carbocycles. The smallest absolute Gasteiger partial charge is 0.282 e. The van der Waals surface area contributed by atoms with E-state index in [9.17, 15) is 14.0 Å². The highest BCUT2D eigenvalue weighted by molar-refractivity contribution is 7.07. The Hall–Kier alpha value is -3.10. The Morgan fingerprint density at radius 1 is 1.13 bits per heavy atom. The van der Waals surface area contributed by atoms with Crippen LogP contribution < -0.4 is 10.1 Å². The van der Waals surface area contributed by atoms with E-state index in [1.165, 1.54) is 29.5 Å². The third-order valence-electron chi connectivity index (χ3n) is 4.42. The predicted molar refractivity (Wildman–Crippen MR) is 115 cm³/mol. The van der Waals surface area contributed by atoms with Gasteiger partial charge in [0.15, 0.2) is 4.80 Å². The molecule has 1 atom stereocenters. The average molecular weight is 427 g/mol. The molecule has 0 spiro atoms. The van der Waals surface area contributed by atoms with Crippen LogP contribution in [0, 0.1) is 5.82 Å². The molecular formula is C22H23FN4O2S. The Labute approximate surface area is 178 Å². The maximum atomic E-state index is 14.0. The summed E-state index contributed by atoms with van der Waals surface area (Å²) in [5.74, 6) is -1.53. The molecule has 0 aliphatic heterocycles. The van der Waals surface area contributed by atoms with Crippen LogP contribution in [0.4, 0.5) is 4.39 Å². The van der Waals surface area contributed by atoms with E-state index < -0.39 is 17.8 Å². The molecule has 2 aromatic carbocycles. The monoisotopic (exact) mass is 426 g/mol. The number of nitrogens with one attached hydrogen (secondary N) is 1. The normalized spacial score (nSPS) is 12.7. The Morgan fingerprint density at radius 3 is 2.53 bits per heavy atom. The molecule has 1 aromatic heterocycles. The maximum Gasteiger partial charge on any atom is 0.282 e. The summed E-state index contributed by atoms with van der Waals surface area (Å²) in [4.78, 5) is 32.0. The molecule has 0 fully saturated rings. The SMILES string of the molecule is CN(C)CCNC(=O)[C@@H](c1ccccc1)n1ccsc1=NC(=O)c1ccccc1F. The fraction of sp³-hybridized carbons (Fsp3) is 0.227. The van der Waals surface area contributed by atoms with Gasteiger partial charge in [0.1, 0.15) is 11.9 Å². The van der Waals surface area contributed by atoms with E-state index in [2.05, 4.69) is 10.3 Å². The summed E-state index contributed by atoms with van der Waals surface area (Å²) in [5.41, 5.74) is 0.655. The quantitative estimate of drug-likeness (QED) is 0.632. The largest absolute Gasteiger partial charge is 0.353 e. The molecule has 2 amide bonds. The van der Waals surface area contributed by atoms with Gasteiger partial charge in [-0.1, -0.05) is 42.5 Å². The van der Waals surface area contributed by atoms with E-state index in [0.717, 1.165) is 5.56 Å². The van der Waals surface area contributed by atoms with Gasteiger partial charge in [0.2, 0.25) is 5.91 Å². The molecule has 0 aliphatic carbocycles. The zero-order valence-electron chi connectivity index (χ0n) is 16.8. The number of thiazole rings is 1. The van der Waals surface area contributed by atoms with E-state index >= 15 is 0 Å². The highest BCUT2D eigenvalue weighted by Crippen LogP contribution is 2.18. The zero-order chi connectivity index (χ0) is 21.5. The van der Waals surface area contributed by atoms with Crippen molar-refractivity contribution in [3.05, 3.63) is 87.9 Å². The summed E-state index contributed by atoms with van der Waals surface area (Å²) >= 11 is 1.21. The molecule has 1 heterocycles. The Balaban J connectivity index is 1.98. The fourth-order valence-corrected chi connectivity index (χ4v) is 3.65. The minimum atomic E-state index is -0.702. The molecule has 8 heteroatoms. The van der Waals surface area contributed by atoms with Gasteiger partial charge < -0.3 is 14.8 Å². The summed E-state index contributed by atoms with van der Waals surface area (Å²) < 4.78 is 15.6. The first-order valence-electron chi connectivity index (χ1n) is 9.44. The lowest BCUT2D eigenvalue weighted by atomic mass is 10.1. The molecule has 0 bridgehead atoms. The predicted octanol–water partition coefficient (Wildman–Crippen LogP) is 2.70. The second-order valence-corrected chi connectivity index (χ2v) is 7.77. The molecule has 3 aromatic rings. The van der Waals surface area contributed by atoms with Gasteiger partial charge >= 0.3 is 0 Å². The van der Waals surface area contributed by atoms with Crippen molar-refractivity contribution in [2.45, 2.75) is 6.04 Å². The molecule has 156 valence electrons. The van der Waals surface area contributed by atoms with Crippen LogP contribution in [0.2, 0.25) is 0 Å². The lowest BCUT2D eigenvalue weighted by molar-refractivity contribution is -0.123. The zero-order valence-corrected chi connectivity index (χ0v) is 17.6. The molecule has 6 nitrogen and oxygen atoms in total. The summed E-state index contributed by atoms with van der Waals surface area (Å²) in [5, 5.41) is 4.69. The number of hydrogen-bond donors (Lipinski definition) is 1. The number of benzene rings is 2. The van der Waals surface area contributed by atoms with Crippen LogP contribution in [0.5, 0.6) is 0 Å². The first-order valence-corrected chi connectivity index (χ1v) is 10.3. The molecule has 30 heavy (non-hydrogen) atoms. The lowest BCUT2D eigenvalue weighted by Crippen LogP contribution is -2.39. The molecule has 1 N–H and O–H groups in total.